The summed E-state index contributed by atoms with van der Waals surface area (Å²) in [6, 6.07) is 14.9. The lowest BCUT2D eigenvalue weighted by atomic mass is 10.1. The van der Waals surface area contributed by atoms with Gasteiger partial charge < -0.3 is 5.53 Å². The molecular formula is C25H21BrCl2N4O2. The first-order valence-electron chi connectivity index (χ1n) is 9.74. The van der Waals surface area contributed by atoms with Gasteiger partial charge in [-0.3, -0.25) is 19.6 Å². The van der Waals surface area contributed by atoms with Crippen LogP contribution in [0.15, 0.2) is 60.9 Å². The maximum Gasteiger partial charge on any atom is 0.323 e. The summed E-state index contributed by atoms with van der Waals surface area (Å²) in [6.45, 7) is 0. The molecule has 0 radical (unpaired) electrons. The summed E-state index contributed by atoms with van der Waals surface area (Å²) in [5.41, 5.74) is 11.8. The van der Waals surface area contributed by atoms with Crippen LogP contribution in [0.1, 0.15) is 18.6 Å². The van der Waals surface area contributed by atoms with Gasteiger partial charge in [0.1, 0.15) is 5.78 Å². The van der Waals surface area contributed by atoms with Crippen molar-refractivity contribution in [3.05, 3.63) is 87.6 Å². The molecule has 0 amide bonds. The van der Waals surface area contributed by atoms with Crippen molar-refractivity contribution < 1.29 is 14.4 Å². The van der Waals surface area contributed by atoms with Crippen LogP contribution in [0.25, 0.3) is 27.3 Å². The van der Waals surface area contributed by atoms with Crippen molar-refractivity contribution in [3.63, 3.8) is 0 Å². The number of benzene rings is 2. The molecular weight excluding hydrogens is 539 g/mol. The van der Waals surface area contributed by atoms with E-state index in [1.165, 1.54) is 0 Å². The second-order valence-corrected chi connectivity index (χ2v) is 8.53. The molecule has 0 bridgehead atoms. The number of rotatable bonds is 6. The molecule has 0 aliphatic rings. The van der Waals surface area contributed by atoms with Crippen LogP contribution in [0.4, 0.5) is 0 Å². The Hall–Kier alpha value is -2.96. The smallest absolute Gasteiger partial charge is 0.323 e. The van der Waals surface area contributed by atoms with Gasteiger partial charge in [0, 0.05) is 36.0 Å². The van der Waals surface area contributed by atoms with Crippen molar-refractivity contribution in [1.82, 2.24) is 9.97 Å². The average Bonchev–Trinajstić information content (AvgIpc) is 2.79. The topological polar surface area (TPSA) is 96.3 Å². The van der Waals surface area contributed by atoms with Crippen LogP contribution in [0.5, 0.6) is 0 Å². The van der Waals surface area contributed by atoms with Gasteiger partial charge >= 0.3 is 6.21 Å². The first kappa shape index (κ1) is 27.3. The molecule has 174 valence electrons. The van der Waals surface area contributed by atoms with Gasteiger partial charge in [0.2, 0.25) is 5.78 Å². The first-order valence-corrected chi connectivity index (χ1v) is 11.6. The summed E-state index contributed by atoms with van der Waals surface area (Å²) in [7, 11) is 0. The van der Waals surface area contributed by atoms with E-state index < -0.39 is 0 Å². The number of fused-ring (bicyclic) bond motifs is 2. The van der Waals surface area contributed by atoms with Crippen LogP contribution in [-0.4, -0.2) is 37.9 Å². The highest BCUT2D eigenvalue weighted by Gasteiger charge is 2.06. The molecule has 2 heterocycles. The van der Waals surface area contributed by atoms with Gasteiger partial charge in [0.25, 0.3) is 0 Å². The van der Waals surface area contributed by atoms with Gasteiger partial charge in [-0.2, -0.15) is 4.79 Å². The SMILES string of the molecule is C.O=C(CBr)Cc1ccc2ncc(Cl)cc2c1.[N-]=[N+]=CC(=O)Cc1ccc2ncc(Cl)cc2c1. The zero-order valence-electron chi connectivity index (χ0n) is 17.2. The quantitative estimate of drug-likeness (QED) is 0.119. The van der Waals surface area contributed by atoms with Crippen molar-refractivity contribution in [3.8, 4) is 0 Å². The standard InChI is InChI=1S/C12H9BrClNO.C12H8ClN3O.CH4/c13-6-11(16)4-8-1-2-12-9(3-8)5-10(14)7-15-12;13-10-5-9-3-8(4-11(17)7-16-14)1-2-12(9)15-6-10;/h1-3,5,7H,4,6H2;1-3,5-7H,4H2;1H4. The third kappa shape index (κ3) is 7.82. The Morgan fingerprint density at radius 2 is 1.38 bits per heavy atom. The lowest BCUT2D eigenvalue weighted by molar-refractivity contribution is -0.116. The van der Waals surface area contributed by atoms with Crippen molar-refractivity contribution in [2.45, 2.75) is 20.3 Å². The molecule has 0 spiro atoms. The number of nitrogens with zero attached hydrogens (tertiary/aromatic N) is 4. The Kier molecular flexibility index (Phi) is 10.5. The number of aromatic nitrogens is 2. The van der Waals surface area contributed by atoms with E-state index >= 15 is 0 Å². The van der Waals surface area contributed by atoms with E-state index in [1.807, 2.05) is 42.5 Å². The van der Waals surface area contributed by atoms with E-state index in [9.17, 15) is 9.59 Å². The molecule has 6 nitrogen and oxygen atoms in total. The molecule has 0 saturated heterocycles. The molecule has 0 fully saturated rings. The van der Waals surface area contributed by atoms with Crippen LogP contribution in [0.3, 0.4) is 0 Å². The minimum atomic E-state index is -0.262. The minimum Gasteiger partial charge on any atom is -0.361 e. The summed E-state index contributed by atoms with van der Waals surface area (Å²) >= 11 is 14.9. The number of carbonyl (C=O) groups is 2. The summed E-state index contributed by atoms with van der Waals surface area (Å²) in [4.78, 5) is 33.6. The van der Waals surface area contributed by atoms with Gasteiger partial charge in [-0.15, -0.1) is 0 Å². The van der Waals surface area contributed by atoms with Crippen molar-refractivity contribution >= 4 is 78.7 Å². The molecule has 4 aromatic rings. The highest BCUT2D eigenvalue weighted by Crippen LogP contribution is 2.19. The van der Waals surface area contributed by atoms with Crippen molar-refractivity contribution in [2.75, 3.05) is 5.33 Å². The predicted octanol–water partition coefficient (Wildman–Crippen LogP) is 6.33. The fraction of sp³-hybridized carbons (Fsp3) is 0.160. The summed E-state index contributed by atoms with van der Waals surface area (Å²) in [6.07, 6.45) is 4.71. The van der Waals surface area contributed by atoms with Crippen LogP contribution < -0.4 is 0 Å². The van der Waals surface area contributed by atoms with Crippen LogP contribution in [0.2, 0.25) is 10.0 Å². The first-order chi connectivity index (χ1) is 15.9. The van der Waals surface area contributed by atoms with E-state index in [1.54, 1.807) is 18.5 Å². The number of pyridine rings is 2. The zero-order valence-corrected chi connectivity index (χ0v) is 20.3. The second-order valence-electron chi connectivity index (χ2n) is 7.10. The largest absolute Gasteiger partial charge is 0.361 e. The fourth-order valence-electron chi connectivity index (χ4n) is 3.11. The van der Waals surface area contributed by atoms with Crippen LogP contribution in [-0.2, 0) is 22.4 Å². The molecule has 4 rings (SSSR count). The van der Waals surface area contributed by atoms with Crippen molar-refractivity contribution in [1.29, 1.82) is 0 Å². The van der Waals surface area contributed by atoms with Crippen molar-refractivity contribution in [2.24, 2.45) is 0 Å². The number of halogens is 3. The molecule has 0 N–H and O–H groups in total. The molecule has 9 heteroatoms. The zero-order chi connectivity index (χ0) is 23.8. The maximum atomic E-state index is 11.3. The third-order valence-electron chi connectivity index (χ3n) is 4.56. The third-order valence-corrected chi connectivity index (χ3v) is 5.59. The van der Waals surface area contributed by atoms with Crippen LogP contribution in [0, 0.1) is 0 Å². The number of carbonyl (C=O) groups excluding carboxylic acids is 2. The molecule has 0 aliphatic carbocycles. The van der Waals surface area contributed by atoms with E-state index in [0.29, 0.717) is 21.8 Å². The van der Waals surface area contributed by atoms with E-state index in [4.69, 9.17) is 28.7 Å². The summed E-state index contributed by atoms with van der Waals surface area (Å²) in [5, 5.41) is 3.39. The van der Waals surface area contributed by atoms with E-state index in [2.05, 4.69) is 30.7 Å². The molecule has 0 aliphatic heterocycles. The predicted molar refractivity (Wildman–Crippen MR) is 141 cm³/mol. The Bertz CT molecular complexity index is 1390. The monoisotopic (exact) mass is 558 g/mol. The molecule has 0 unspecified atom stereocenters. The average molecular weight is 560 g/mol. The van der Waals surface area contributed by atoms with Gasteiger partial charge in [0.15, 0.2) is 0 Å². The summed E-state index contributed by atoms with van der Waals surface area (Å²) < 4.78 is 0. The Labute approximate surface area is 215 Å². The number of alkyl halides is 1. The van der Waals surface area contributed by atoms with Gasteiger partial charge in [0.05, 0.1) is 26.4 Å². The number of hydrogen-bond acceptors (Lipinski definition) is 4. The molecule has 0 atom stereocenters. The molecule has 2 aromatic carbocycles. The fourth-order valence-corrected chi connectivity index (χ4v) is 3.65. The lowest BCUT2D eigenvalue weighted by Crippen LogP contribution is -2.04. The van der Waals surface area contributed by atoms with Gasteiger partial charge in [-0.1, -0.05) is 58.7 Å². The molecule has 34 heavy (non-hydrogen) atoms. The normalized spacial score (nSPS) is 9.97. The van der Waals surface area contributed by atoms with Gasteiger partial charge in [-0.05, 0) is 47.5 Å². The number of ketones is 2. The second kappa shape index (κ2) is 13.1. The Morgan fingerprint density at radius 3 is 1.85 bits per heavy atom. The van der Waals surface area contributed by atoms with Gasteiger partial charge in [-0.25, -0.2) is 0 Å². The summed E-state index contributed by atoms with van der Waals surface area (Å²) in [5.74, 6) is -0.101. The Balaban J connectivity index is 0.000000234. The number of hydrogen-bond donors (Lipinski definition) is 0. The molecule has 2 aromatic heterocycles. The Morgan fingerprint density at radius 1 is 0.882 bits per heavy atom. The maximum absolute atomic E-state index is 11.3. The van der Waals surface area contributed by atoms with E-state index in [-0.39, 0.29) is 25.4 Å². The van der Waals surface area contributed by atoms with E-state index in [0.717, 1.165) is 39.1 Å². The lowest BCUT2D eigenvalue weighted by Gasteiger charge is -2.02. The molecule has 0 saturated carbocycles. The van der Waals surface area contributed by atoms with Crippen LogP contribution >= 0.6 is 39.1 Å². The highest BCUT2D eigenvalue weighted by atomic mass is 79.9. The number of Topliss-reactive ketones (excluding diaryl/α,β-unsaturated/α-hetero) is 2. The minimum absolute atomic E-state index is 0. The highest BCUT2D eigenvalue weighted by molar-refractivity contribution is 9.09.